The number of para-hydroxylation sites is 1. The molecule has 1 N–H and O–H groups in total. The van der Waals surface area contributed by atoms with Crippen molar-refractivity contribution in [1.82, 2.24) is 0 Å². The Bertz CT molecular complexity index is 446. The zero-order valence-electron chi connectivity index (χ0n) is 10.4. The number of rotatable bonds is 6. The van der Waals surface area contributed by atoms with Gasteiger partial charge in [0.15, 0.2) is 0 Å². The average Bonchev–Trinajstić information content (AvgIpc) is 2.33. The maximum atomic E-state index is 10.6. The molecular weight excluding hydrogens is 254 g/mol. The van der Waals surface area contributed by atoms with Gasteiger partial charge in [0.05, 0.1) is 17.3 Å². The summed E-state index contributed by atoms with van der Waals surface area (Å²) in [5, 5.41) is 9.25. The second-order valence-corrected chi connectivity index (χ2v) is 4.17. The van der Waals surface area contributed by atoms with E-state index < -0.39 is 5.97 Å². The second-order valence-electron chi connectivity index (χ2n) is 3.76. The number of anilines is 1. The highest BCUT2D eigenvalue weighted by atomic mass is 35.5. The molecule has 1 aromatic rings. The summed E-state index contributed by atoms with van der Waals surface area (Å²) in [6.45, 7) is 1.25. The van der Waals surface area contributed by atoms with Crippen LogP contribution in [-0.4, -0.2) is 38.4 Å². The minimum absolute atomic E-state index is 0.573. The fraction of sp³-hybridized carbons (Fsp3) is 0.308. The summed E-state index contributed by atoms with van der Waals surface area (Å²) in [6, 6.07) is 5.39. The molecule has 0 fully saturated rings. The largest absolute Gasteiger partial charge is 0.478 e. The fourth-order valence-electron chi connectivity index (χ4n) is 1.57. The molecular formula is C13H16ClNO3. The standard InChI is InChI=1S/C13H16ClNO3/c1-15(8-9-18-2)13-10(6-7-12(16)17)4-3-5-11(13)14/h3-7H,8-9H2,1-2H3,(H,16,17)/b7-6+. The Morgan fingerprint density at radius 2 is 2.28 bits per heavy atom. The van der Waals surface area contributed by atoms with Crippen molar-refractivity contribution in [3.63, 3.8) is 0 Å². The lowest BCUT2D eigenvalue weighted by Gasteiger charge is -2.22. The van der Waals surface area contributed by atoms with Gasteiger partial charge in [-0.15, -0.1) is 0 Å². The first kappa shape index (κ1) is 14.5. The number of halogens is 1. The van der Waals surface area contributed by atoms with Crippen molar-refractivity contribution in [2.45, 2.75) is 0 Å². The van der Waals surface area contributed by atoms with E-state index in [2.05, 4.69) is 0 Å². The van der Waals surface area contributed by atoms with E-state index in [-0.39, 0.29) is 0 Å². The minimum atomic E-state index is -0.986. The van der Waals surface area contributed by atoms with Crippen LogP contribution in [0.2, 0.25) is 5.02 Å². The third-order valence-electron chi connectivity index (χ3n) is 2.44. The fourth-order valence-corrected chi connectivity index (χ4v) is 1.90. The molecule has 98 valence electrons. The van der Waals surface area contributed by atoms with Crippen LogP contribution in [0.15, 0.2) is 24.3 Å². The molecule has 18 heavy (non-hydrogen) atoms. The normalized spacial score (nSPS) is 10.8. The summed E-state index contributed by atoms with van der Waals surface area (Å²) < 4.78 is 5.02. The third-order valence-corrected chi connectivity index (χ3v) is 2.74. The van der Waals surface area contributed by atoms with E-state index in [0.29, 0.717) is 18.2 Å². The highest BCUT2D eigenvalue weighted by molar-refractivity contribution is 6.33. The van der Waals surface area contributed by atoms with E-state index in [1.165, 1.54) is 6.08 Å². The van der Waals surface area contributed by atoms with Crippen molar-refractivity contribution in [1.29, 1.82) is 0 Å². The quantitative estimate of drug-likeness (QED) is 0.807. The number of aliphatic carboxylic acids is 1. The number of carbonyl (C=O) groups is 1. The number of hydrogen-bond donors (Lipinski definition) is 1. The molecule has 0 heterocycles. The van der Waals surface area contributed by atoms with Crippen LogP contribution < -0.4 is 4.90 Å². The molecule has 0 radical (unpaired) electrons. The van der Waals surface area contributed by atoms with Gasteiger partial charge in [0.1, 0.15) is 0 Å². The first-order valence-corrected chi connectivity index (χ1v) is 5.83. The Hall–Kier alpha value is -1.52. The van der Waals surface area contributed by atoms with Crippen LogP contribution in [-0.2, 0) is 9.53 Å². The predicted octanol–water partition coefficient (Wildman–Crippen LogP) is 2.52. The van der Waals surface area contributed by atoms with E-state index in [9.17, 15) is 4.79 Å². The van der Waals surface area contributed by atoms with E-state index in [4.69, 9.17) is 21.4 Å². The van der Waals surface area contributed by atoms with Gasteiger partial charge < -0.3 is 14.7 Å². The number of likely N-dealkylation sites (N-methyl/N-ethyl adjacent to an activating group) is 1. The topological polar surface area (TPSA) is 49.8 Å². The third kappa shape index (κ3) is 4.05. The van der Waals surface area contributed by atoms with Gasteiger partial charge in [-0.2, -0.15) is 0 Å². The summed E-state index contributed by atoms with van der Waals surface area (Å²) in [4.78, 5) is 12.5. The lowest BCUT2D eigenvalue weighted by atomic mass is 10.1. The molecule has 0 bridgehead atoms. The van der Waals surface area contributed by atoms with E-state index in [1.807, 2.05) is 18.0 Å². The molecule has 4 nitrogen and oxygen atoms in total. The first-order chi connectivity index (χ1) is 8.56. The molecule has 0 aliphatic carbocycles. The molecule has 0 unspecified atom stereocenters. The number of benzene rings is 1. The molecule has 0 aliphatic heterocycles. The summed E-state index contributed by atoms with van der Waals surface area (Å²) in [6.07, 6.45) is 2.63. The molecule has 0 atom stereocenters. The molecule has 5 heteroatoms. The van der Waals surface area contributed by atoms with Crippen molar-refractivity contribution >= 4 is 29.3 Å². The summed E-state index contributed by atoms with van der Waals surface area (Å²) in [5.41, 5.74) is 1.57. The molecule has 0 saturated carbocycles. The Morgan fingerprint density at radius 1 is 1.56 bits per heavy atom. The van der Waals surface area contributed by atoms with E-state index >= 15 is 0 Å². The van der Waals surface area contributed by atoms with Crippen molar-refractivity contribution in [2.75, 3.05) is 32.2 Å². The summed E-state index contributed by atoms with van der Waals surface area (Å²) in [5.74, 6) is -0.986. The van der Waals surface area contributed by atoms with E-state index in [1.54, 1.807) is 19.2 Å². The maximum Gasteiger partial charge on any atom is 0.328 e. The number of methoxy groups -OCH3 is 1. The van der Waals surface area contributed by atoms with Gasteiger partial charge in [-0.05, 0) is 17.7 Å². The van der Waals surface area contributed by atoms with Gasteiger partial charge in [-0.1, -0.05) is 23.7 Å². The van der Waals surface area contributed by atoms with Crippen LogP contribution >= 0.6 is 11.6 Å². The first-order valence-electron chi connectivity index (χ1n) is 5.46. The highest BCUT2D eigenvalue weighted by Crippen LogP contribution is 2.29. The number of carboxylic acids is 1. The second kappa shape index (κ2) is 7.03. The molecule has 1 rings (SSSR count). The number of nitrogens with zero attached hydrogens (tertiary/aromatic N) is 1. The molecule has 0 amide bonds. The van der Waals surface area contributed by atoms with E-state index in [0.717, 1.165) is 17.3 Å². The van der Waals surface area contributed by atoms with Gasteiger partial charge in [0, 0.05) is 26.8 Å². The van der Waals surface area contributed by atoms with Crippen LogP contribution in [0.4, 0.5) is 5.69 Å². The van der Waals surface area contributed by atoms with Crippen molar-refractivity contribution in [3.8, 4) is 0 Å². The zero-order chi connectivity index (χ0) is 13.5. The Kier molecular flexibility index (Phi) is 5.68. The average molecular weight is 270 g/mol. The smallest absolute Gasteiger partial charge is 0.328 e. The van der Waals surface area contributed by atoms with Gasteiger partial charge in [0.2, 0.25) is 0 Å². The van der Waals surface area contributed by atoms with Gasteiger partial charge in [0.25, 0.3) is 0 Å². The van der Waals surface area contributed by atoms with Crippen molar-refractivity contribution in [2.24, 2.45) is 0 Å². The van der Waals surface area contributed by atoms with Gasteiger partial charge in [-0.25, -0.2) is 4.79 Å². The lowest BCUT2D eigenvalue weighted by Crippen LogP contribution is -2.23. The highest BCUT2D eigenvalue weighted by Gasteiger charge is 2.10. The van der Waals surface area contributed by atoms with Gasteiger partial charge in [-0.3, -0.25) is 0 Å². The van der Waals surface area contributed by atoms with Gasteiger partial charge >= 0.3 is 5.97 Å². The maximum absolute atomic E-state index is 10.6. The van der Waals surface area contributed by atoms with Crippen molar-refractivity contribution < 1.29 is 14.6 Å². The monoisotopic (exact) mass is 269 g/mol. The molecule has 0 saturated heterocycles. The minimum Gasteiger partial charge on any atom is -0.478 e. The Balaban J connectivity index is 3.03. The molecule has 0 aromatic heterocycles. The molecule has 0 spiro atoms. The van der Waals surface area contributed by atoms with Crippen LogP contribution in [0.1, 0.15) is 5.56 Å². The lowest BCUT2D eigenvalue weighted by molar-refractivity contribution is -0.131. The van der Waals surface area contributed by atoms with Crippen LogP contribution in [0.25, 0.3) is 6.08 Å². The zero-order valence-corrected chi connectivity index (χ0v) is 11.1. The number of carboxylic acid groups (broad SMARTS) is 1. The SMILES string of the molecule is COCCN(C)c1c(Cl)cccc1/C=C/C(=O)O. The Morgan fingerprint density at radius 3 is 2.89 bits per heavy atom. The molecule has 1 aromatic carbocycles. The Labute approximate surface area is 111 Å². The van der Waals surface area contributed by atoms with Crippen LogP contribution in [0, 0.1) is 0 Å². The summed E-state index contributed by atoms with van der Waals surface area (Å²) >= 11 is 6.15. The number of hydrogen-bond acceptors (Lipinski definition) is 3. The van der Waals surface area contributed by atoms with Crippen LogP contribution in [0.3, 0.4) is 0 Å². The predicted molar refractivity (Wildman–Crippen MR) is 73.3 cm³/mol. The number of ether oxygens (including phenoxy) is 1. The summed E-state index contributed by atoms with van der Waals surface area (Å²) in [7, 11) is 3.52. The van der Waals surface area contributed by atoms with Crippen molar-refractivity contribution in [3.05, 3.63) is 34.9 Å². The van der Waals surface area contributed by atoms with Crippen LogP contribution in [0.5, 0.6) is 0 Å². The molecule has 0 aliphatic rings.